The Labute approximate surface area is 197 Å². The summed E-state index contributed by atoms with van der Waals surface area (Å²) in [6, 6.07) is 9.38. The van der Waals surface area contributed by atoms with Gasteiger partial charge in [0.15, 0.2) is 5.65 Å². The van der Waals surface area contributed by atoms with E-state index in [-0.39, 0.29) is 11.8 Å². The molecule has 1 aromatic carbocycles. The molecule has 1 N–H and O–H groups in total. The fraction of sp³-hybridized carbons (Fsp3) is 0.320. The number of carbonyl (C=O) groups is 1. The lowest BCUT2D eigenvalue weighted by atomic mass is 10.0. The molecule has 5 rings (SSSR count). The molecule has 1 atom stereocenters. The maximum atomic E-state index is 13.4. The third-order valence-corrected chi connectivity index (χ3v) is 5.80. The maximum absolute atomic E-state index is 13.4. The minimum atomic E-state index is -0.0153. The van der Waals surface area contributed by atoms with Crippen LogP contribution in [0.2, 0.25) is 0 Å². The molecule has 9 heteroatoms. The Bertz CT molecular complexity index is 1300. The molecule has 0 saturated carbocycles. The number of benzene rings is 1. The van der Waals surface area contributed by atoms with Gasteiger partial charge in [-0.1, -0.05) is 6.07 Å². The van der Waals surface area contributed by atoms with Gasteiger partial charge >= 0.3 is 0 Å². The topological polar surface area (TPSA) is 97.5 Å². The molecule has 0 aliphatic carbocycles. The summed E-state index contributed by atoms with van der Waals surface area (Å²) < 4.78 is 7.78. The van der Waals surface area contributed by atoms with E-state index in [4.69, 9.17) is 4.74 Å². The molecule has 1 saturated heterocycles. The number of rotatable bonds is 5. The zero-order valence-electron chi connectivity index (χ0n) is 19.3. The number of amides is 1. The van der Waals surface area contributed by atoms with Gasteiger partial charge in [0.05, 0.1) is 25.1 Å². The average molecular weight is 458 g/mol. The zero-order valence-corrected chi connectivity index (χ0v) is 19.3. The lowest BCUT2D eigenvalue weighted by Gasteiger charge is -2.24. The molecule has 9 nitrogen and oxygen atoms in total. The third kappa shape index (κ3) is 5.04. The predicted octanol–water partition coefficient (Wildman–Crippen LogP) is 3.21. The number of ether oxygens (including phenoxy) is 1. The van der Waals surface area contributed by atoms with Crippen molar-refractivity contribution in [1.82, 2.24) is 29.2 Å². The number of nitrogens with zero attached hydrogens (tertiary/aromatic N) is 6. The lowest BCUT2D eigenvalue weighted by molar-refractivity contribution is 0.0737. The maximum Gasteiger partial charge on any atom is 0.254 e. The molecule has 1 fully saturated rings. The monoisotopic (exact) mass is 457 g/mol. The van der Waals surface area contributed by atoms with E-state index in [1.54, 1.807) is 12.4 Å². The number of fused-ring (bicyclic) bond motifs is 1. The van der Waals surface area contributed by atoms with Crippen LogP contribution in [-0.4, -0.2) is 61.4 Å². The first kappa shape index (κ1) is 22.0. The van der Waals surface area contributed by atoms with Gasteiger partial charge in [-0.2, -0.15) is 0 Å². The van der Waals surface area contributed by atoms with E-state index in [0.29, 0.717) is 37.8 Å². The number of aryl methyl sites for hydroxylation is 2. The number of anilines is 2. The van der Waals surface area contributed by atoms with Gasteiger partial charge in [-0.25, -0.2) is 15.0 Å². The van der Waals surface area contributed by atoms with Crippen LogP contribution < -0.4 is 5.32 Å². The number of carbonyl (C=O) groups excluding carboxylic acids is 1. The molecule has 0 bridgehead atoms. The number of imidazole rings is 1. The Kier molecular flexibility index (Phi) is 6.18. The van der Waals surface area contributed by atoms with Crippen molar-refractivity contribution in [3.05, 3.63) is 77.8 Å². The van der Waals surface area contributed by atoms with Crippen molar-refractivity contribution in [1.29, 1.82) is 0 Å². The van der Waals surface area contributed by atoms with Crippen molar-refractivity contribution >= 4 is 23.2 Å². The number of aromatic nitrogens is 5. The van der Waals surface area contributed by atoms with Gasteiger partial charge < -0.3 is 19.4 Å². The Morgan fingerprint density at radius 1 is 1.18 bits per heavy atom. The average Bonchev–Trinajstić information content (AvgIpc) is 3.15. The third-order valence-electron chi connectivity index (χ3n) is 5.80. The normalized spacial score (nSPS) is 16.4. The molecule has 0 radical (unpaired) electrons. The van der Waals surface area contributed by atoms with Crippen molar-refractivity contribution in [2.24, 2.45) is 5.92 Å². The summed E-state index contributed by atoms with van der Waals surface area (Å²) in [6.07, 6.45) is 8.15. The van der Waals surface area contributed by atoms with Gasteiger partial charge in [0.1, 0.15) is 0 Å². The summed E-state index contributed by atoms with van der Waals surface area (Å²) >= 11 is 0. The Morgan fingerprint density at radius 3 is 2.88 bits per heavy atom. The summed E-state index contributed by atoms with van der Waals surface area (Å²) in [7, 11) is 0. The van der Waals surface area contributed by atoms with Crippen molar-refractivity contribution in [3.8, 4) is 0 Å². The van der Waals surface area contributed by atoms with E-state index in [9.17, 15) is 4.79 Å². The predicted molar refractivity (Wildman–Crippen MR) is 128 cm³/mol. The highest BCUT2D eigenvalue weighted by Gasteiger charge is 2.24. The van der Waals surface area contributed by atoms with Gasteiger partial charge in [0, 0.05) is 60.2 Å². The van der Waals surface area contributed by atoms with Gasteiger partial charge in [-0.05, 0) is 44.5 Å². The largest absolute Gasteiger partial charge is 0.379 e. The van der Waals surface area contributed by atoms with Crippen LogP contribution in [0.1, 0.15) is 27.4 Å². The van der Waals surface area contributed by atoms with Crippen LogP contribution in [0.4, 0.5) is 11.6 Å². The first-order valence-corrected chi connectivity index (χ1v) is 11.4. The fourth-order valence-electron chi connectivity index (χ4n) is 4.28. The van der Waals surface area contributed by atoms with Crippen molar-refractivity contribution in [3.63, 3.8) is 0 Å². The molecule has 3 aromatic heterocycles. The molecule has 1 amide bonds. The van der Waals surface area contributed by atoms with Gasteiger partial charge in [-0.3, -0.25) is 9.78 Å². The Hall–Kier alpha value is -3.85. The van der Waals surface area contributed by atoms with Gasteiger partial charge in [-0.15, -0.1) is 0 Å². The lowest BCUT2D eigenvalue weighted by Crippen LogP contribution is -2.36. The van der Waals surface area contributed by atoms with Gasteiger partial charge in [0.2, 0.25) is 5.95 Å². The van der Waals surface area contributed by atoms with E-state index < -0.39 is 0 Å². The molecule has 4 aromatic rings. The first-order chi connectivity index (χ1) is 16.5. The molecule has 1 aliphatic heterocycles. The first-order valence-electron chi connectivity index (χ1n) is 11.4. The van der Waals surface area contributed by atoms with Crippen molar-refractivity contribution in [2.75, 3.05) is 31.6 Å². The summed E-state index contributed by atoms with van der Waals surface area (Å²) in [5.41, 5.74) is 4.94. The smallest absolute Gasteiger partial charge is 0.254 e. The second-order valence-electron chi connectivity index (χ2n) is 8.65. The summed E-state index contributed by atoms with van der Waals surface area (Å²) in [4.78, 5) is 32.9. The molecule has 1 aliphatic rings. The van der Waals surface area contributed by atoms with Crippen LogP contribution in [0.25, 0.3) is 5.65 Å². The van der Waals surface area contributed by atoms with Crippen LogP contribution in [0.15, 0.2) is 55.1 Å². The standard InChI is InChI=1S/C25H27N7O2/c1-17-10-18(2)29-25(28-17)30-21-5-3-4-20(12-21)24(33)32-8-9-34-16-19(14-32)11-22-15-31-7-6-26-23(31)13-27-22/h3-7,10,12-13,15,19H,8-9,11,14,16H2,1-2H3,(H,28,29,30)/t19-/m1/s1. The summed E-state index contributed by atoms with van der Waals surface area (Å²) in [5.74, 6) is 0.663. The van der Waals surface area contributed by atoms with Crippen LogP contribution in [0.3, 0.4) is 0 Å². The Balaban J connectivity index is 1.29. The number of nitrogens with one attached hydrogen (secondary N) is 1. The SMILES string of the molecule is Cc1cc(C)nc(Nc2cccc(C(=O)N3CCOC[C@H](Cc4cn5ccnc5cn4)C3)c2)n1. The van der Waals surface area contributed by atoms with Crippen LogP contribution in [0, 0.1) is 19.8 Å². The highest BCUT2D eigenvalue weighted by molar-refractivity contribution is 5.95. The zero-order chi connectivity index (χ0) is 23.5. The highest BCUT2D eigenvalue weighted by Crippen LogP contribution is 2.19. The second-order valence-corrected chi connectivity index (χ2v) is 8.65. The van der Waals surface area contributed by atoms with E-state index in [1.807, 2.05) is 65.9 Å². The minimum Gasteiger partial charge on any atom is -0.379 e. The molecular weight excluding hydrogens is 430 g/mol. The van der Waals surface area contributed by atoms with Crippen LogP contribution in [0.5, 0.6) is 0 Å². The molecule has 174 valence electrons. The van der Waals surface area contributed by atoms with Crippen LogP contribution in [-0.2, 0) is 11.2 Å². The van der Waals surface area contributed by atoms with E-state index >= 15 is 0 Å². The van der Waals surface area contributed by atoms with E-state index in [1.165, 1.54) is 0 Å². The molecular formula is C25H27N7O2. The quantitative estimate of drug-likeness (QED) is 0.491. The second kappa shape index (κ2) is 9.56. The molecule has 34 heavy (non-hydrogen) atoms. The highest BCUT2D eigenvalue weighted by atomic mass is 16.5. The van der Waals surface area contributed by atoms with Crippen molar-refractivity contribution in [2.45, 2.75) is 20.3 Å². The molecule has 0 spiro atoms. The Morgan fingerprint density at radius 2 is 2.03 bits per heavy atom. The molecule has 0 unspecified atom stereocenters. The van der Waals surface area contributed by atoms with Crippen molar-refractivity contribution < 1.29 is 9.53 Å². The van der Waals surface area contributed by atoms with Gasteiger partial charge in [0.25, 0.3) is 5.91 Å². The minimum absolute atomic E-state index is 0.0153. The number of hydrogen-bond donors (Lipinski definition) is 1. The van der Waals surface area contributed by atoms with E-state index in [0.717, 1.165) is 34.8 Å². The van der Waals surface area contributed by atoms with E-state index in [2.05, 4.69) is 25.3 Å². The number of hydrogen-bond acceptors (Lipinski definition) is 7. The summed E-state index contributed by atoms with van der Waals surface area (Å²) in [5, 5.41) is 3.22. The molecule has 4 heterocycles. The van der Waals surface area contributed by atoms with Crippen LogP contribution >= 0.6 is 0 Å². The fourth-order valence-corrected chi connectivity index (χ4v) is 4.28. The summed E-state index contributed by atoms with van der Waals surface area (Å²) in [6.45, 7) is 6.15.